The standard InChI is InChI=1S/C15H27NO2/c1-11-9-14(13(3)18-11)12(2)16-10-15(4,5)7-6-8-17/h9,12,16-17H,6-8,10H2,1-5H3. The molecule has 0 aliphatic heterocycles. The maximum Gasteiger partial charge on any atom is 0.105 e. The lowest BCUT2D eigenvalue weighted by atomic mass is 9.87. The van der Waals surface area contributed by atoms with Crippen LogP contribution in [0.4, 0.5) is 0 Å². The lowest BCUT2D eigenvalue weighted by Crippen LogP contribution is -2.31. The van der Waals surface area contributed by atoms with Gasteiger partial charge in [0.2, 0.25) is 0 Å². The molecule has 0 aliphatic rings. The molecule has 1 rings (SSSR count). The highest BCUT2D eigenvalue weighted by molar-refractivity contribution is 5.23. The lowest BCUT2D eigenvalue weighted by Gasteiger charge is -2.27. The monoisotopic (exact) mass is 253 g/mol. The van der Waals surface area contributed by atoms with Gasteiger partial charge in [0.05, 0.1) is 0 Å². The third kappa shape index (κ3) is 4.46. The largest absolute Gasteiger partial charge is 0.466 e. The summed E-state index contributed by atoms with van der Waals surface area (Å²) < 4.78 is 5.56. The molecule has 0 bridgehead atoms. The van der Waals surface area contributed by atoms with Crippen molar-refractivity contribution in [1.82, 2.24) is 5.32 Å². The highest BCUT2D eigenvalue weighted by Crippen LogP contribution is 2.25. The van der Waals surface area contributed by atoms with Crippen LogP contribution in [0, 0.1) is 19.3 Å². The van der Waals surface area contributed by atoms with E-state index >= 15 is 0 Å². The van der Waals surface area contributed by atoms with Gasteiger partial charge in [0.25, 0.3) is 0 Å². The van der Waals surface area contributed by atoms with Crippen LogP contribution >= 0.6 is 0 Å². The molecule has 2 N–H and O–H groups in total. The Labute approximate surface area is 111 Å². The molecule has 1 aromatic heterocycles. The zero-order chi connectivity index (χ0) is 13.8. The Morgan fingerprint density at radius 1 is 1.39 bits per heavy atom. The van der Waals surface area contributed by atoms with Gasteiger partial charge in [-0.25, -0.2) is 0 Å². The van der Waals surface area contributed by atoms with Gasteiger partial charge in [0.15, 0.2) is 0 Å². The van der Waals surface area contributed by atoms with E-state index in [1.54, 1.807) is 0 Å². The minimum absolute atomic E-state index is 0.212. The molecular formula is C15H27NO2. The van der Waals surface area contributed by atoms with Crippen molar-refractivity contribution >= 4 is 0 Å². The summed E-state index contributed by atoms with van der Waals surface area (Å²) in [7, 11) is 0. The van der Waals surface area contributed by atoms with Crippen molar-refractivity contribution in [3.05, 3.63) is 23.2 Å². The maximum atomic E-state index is 8.89. The van der Waals surface area contributed by atoms with E-state index in [0.29, 0.717) is 6.04 Å². The Morgan fingerprint density at radius 2 is 2.06 bits per heavy atom. The number of aliphatic hydroxyl groups excluding tert-OH is 1. The highest BCUT2D eigenvalue weighted by atomic mass is 16.3. The van der Waals surface area contributed by atoms with Crippen LogP contribution in [-0.4, -0.2) is 18.3 Å². The third-order valence-corrected chi connectivity index (χ3v) is 3.44. The van der Waals surface area contributed by atoms with Crippen LogP contribution in [0.5, 0.6) is 0 Å². The van der Waals surface area contributed by atoms with Crippen LogP contribution in [0.3, 0.4) is 0 Å². The number of nitrogens with one attached hydrogen (secondary N) is 1. The van der Waals surface area contributed by atoms with Crippen LogP contribution in [0.2, 0.25) is 0 Å². The molecule has 0 amide bonds. The molecule has 1 heterocycles. The third-order valence-electron chi connectivity index (χ3n) is 3.44. The van der Waals surface area contributed by atoms with E-state index in [9.17, 15) is 0 Å². The van der Waals surface area contributed by atoms with E-state index in [1.807, 2.05) is 13.8 Å². The molecule has 0 spiro atoms. The van der Waals surface area contributed by atoms with E-state index in [1.165, 1.54) is 5.56 Å². The van der Waals surface area contributed by atoms with E-state index < -0.39 is 0 Å². The normalized spacial score (nSPS) is 13.9. The lowest BCUT2D eigenvalue weighted by molar-refractivity contribution is 0.233. The summed E-state index contributed by atoms with van der Waals surface area (Å²) in [5, 5.41) is 12.5. The smallest absolute Gasteiger partial charge is 0.105 e. The average molecular weight is 253 g/mol. The van der Waals surface area contributed by atoms with Crippen molar-refractivity contribution in [3.8, 4) is 0 Å². The highest BCUT2D eigenvalue weighted by Gasteiger charge is 2.19. The Balaban J connectivity index is 2.50. The molecular weight excluding hydrogens is 226 g/mol. The summed E-state index contributed by atoms with van der Waals surface area (Å²) in [5.41, 5.74) is 1.45. The van der Waals surface area contributed by atoms with Crippen molar-refractivity contribution in [2.45, 2.75) is 53.5 Å². The fourth-order valence-corrected chi connectivity index (χ4v) is 2.27. The number of furan rings is 1. The molecule has 0 aliphatic carbocycles. The quantitative estimate of drug-likeness (QED) is 0.783. The zero-order valence-electron chi connectivity index (χ0n) is 12.3. The predicted octanol–water partition coefficient (Wildman–Crippen LogP) is 3.35. The minimum atomic E-state index is 0.212. The van der Waals surface area contributed by atoms with Gasteiger partial charge >= 0.3 is 0 Å². The average Bonchev–Trinajstić information content (AvgIpc) is 2.63. The number of hydrogen-bond acceptors (Lipinski definition) is 3. The van der Waals surface area contributed by atoms with Crippen LogP contribution in [-0.2, 0) is 0 Å². The van der Waals surface area contributed by atoms with Gasteiger partial charge in [0, 0.05) is 24.8 Å². The Kier molecular flexibility index (Phi) is 5.42. The molecule has 0 saturated heterocycles. The zero-order valence-corrected chi connectivity index (χ0v) is 12.3. The van der Waals surface area contributed by atoms with Gasteiger partial charge < -0.3 is 14.8 Å². The van der Waals surface area contributed by atoms with Gasteiger partial charge in [0.1, 0.15) is 11.5 Å². The molecule has 0 saturated carbocycles. The Bertz CT molecular complexity index is 369. The molecule has 1 aromatic rings. The second-order valence-electron chi connectivity index (χ2n) is 5.96. The second kappa shape index (κ2) is 6.39. The first-order chi connectivity index (χ1) is 8.35. The minimum Gasteiger partial charge on any atom is -0.466 e. The van der Waals surface area contributed by atoms with Crippen molar-refractivity contribution in [1.29, 1.82) is 0 Å². The molecule has 0 aromatic carbocycles. The second-order valence-corrected chi connectivity index (χ2v) is 5.96. The molecule has 18 heavy (non-hydrogen) atoms. The first-order valence-corrected chi connectivity index (χ1v) is 6.77. The van der Waals surface area contributed by atoms with Gasteiger partial charge in [-0.3, -0.25) is 0 Å². The van der Waals surface area contributed by atoms with Crippen molar-refractivity contribution in [2.24, 2.45) is 5.41 Å². The number of hydrogen-bond donors (Lipinski definition) is 2. The molecule has 1 unspecified atom stereocenters. The van der Waals surface area contributed by atoms with E-state index in [2.05, 4.69) is 32.2 Å². The molecule has 3 nitrogen and oxygen atoms in total. The molecule has 0 fully saturated rings. The number of rotatable bonds is 7. The topological polar surface area (TPSA) is 45.4 Å². The van der Waals surface area contributed by atoms with Crippen molar-refractivity contribution in [3.63, 3.8) is 0 Å². The van der Waals surface area contributed by atoms with Crippen molar-refractivity contribution in [2.75, 3.05) is 13.2 Å². The molecule has 1 atom stereocenters. The summed E-state index contributed by atoms with van der Waals surface area (Å²) >= 11 is 0. The summed E-state index contributed by atoms with van der Waals surface area (Å²) in [5.74, 6) is 1.97. The molecule has 3 heteroatoms. The molecule has 0 radical (unpaired) electrons. The number of aryl methyl sites for hydroxylation is 2. The van der Waals surface area contributed by atoms with Gasteiger partial charge in [-0.1, -0.05) is 13.8 Å². The van der Waals surface area contributed by atoms with Crippen LogP contribution < -0.4 is 5.32 Å². The van der Waals surface area contributed by atoms with Crippen LogP contribution in [0.15, 0.2) is 10.5 Å². The van der Waals surface area contributed by atoms with Crippen LogP contribution in [0.25, 0.3) is 0 Å². The maximum absolute atomic E-state index is 8.89. The predicted molar refractivity (Wildman–Crippen MR) is 74.7 cm³/mol. The van der Waals surface area contributed by atoms with Gasteiger partial charge in [-0.2, -0.15) is 0 Å². The fourth-order valence-electron chi connectivity index (χ4n) is 2.27. The molecule has 104 valence electrons. The Morgan fingerprint density at radius 3 is 2.56 bits per heavy atom. The first-order valence-electron chi connectivity index (χ1n) is 6.77. The van der Waals surface area contributed by atoms with Crippen molar-refractivity contribution < 1.29 is 9.52 Å². The van der Waals surface area contributed by atoms with Crippen LogP contribution in [0.1, 0.15) is 56.7 Å². The summed E-state index contributed by atoms with van der Waals surface area (Å²) in [6.07, 6.45) is 1.90. The summed E-state index contributed by atoms with van der Waals surface area (Å²) in [4.78, 5) is 0. The van der Waals surface area contributed by atoms with Gasteiger partial charge in [-0.05, 0) is 45.1 Å². The summed E-state index contributed by atoms with van der Waals surface area (Å²) in [6.45, 7) is 11.8. The van der Waals surface area contributed by atoms with Gasteiger partial charge in [-0.15, -0.1) is 0 Å². The SMILES string of the molecule is Cc1cc(C(C)NCC(C)(C)CCCO)c(C)o1. The summed E-state index contributed by atoms with van der Waals surface area (Å²) in [6, 6.07) is 2.41. The van der Waals surface area contributed by atoms with E-state index in [4.69, 9.17) is 9.52 Å². The first kappa shape index (κ1) is 15.3. The fraction of sp³-hybridized carbons (Fsp3) is 0.733. The van der Waals surface area contributed by atoms with E-state index in [0.717, 1.165) is 30.9 Å². The number of aliphatic hydroxyl groups is 1. The Hall–Kier alpha value is -0.800. The van der Waals surface area contributed by atoms with E-state index in [-0.39, 0.29) is 12.0 Å².